The number of nitrogens with zero attached hydrogens (tertiary/aromatic N) is 3. The van der Waals surface area contributed by atoms with Crippen LogP contribution in [0.1, 0.15) is 25.7 Å². The topological polar surface area (TPSA) is 45.6 Å². The molecule has 3 aliphatic heterocycles. The van der Waals surface area contributed by atoms with Crippen molar-refractivity contribution in [2.24, 2.45) is 11.8 Å². The lowest BCUT2D eigenvalue weighted by atomic mass is 9.76. The number of carbonyl (C=O) groups excluding carboxylic acids is 2. The van der Waals surface area contributed by atoms with Gasteiger partial charge in [-0.25, -0.2) is 0 Å². The van der Waals surface area contributed by atoms with Gasteiger partial charge >= 0.3 is 0 Å². The minimum atomic E-state index is 0.205. The van der Waals surface area contributed by atoms with Crippen LogP contribution in [0.2, 0.25) is 0 Å². The zero-order valence-corrected chi connectivity index (χ0v) is 15.0. The molecule has 5 heteroatoms. The number of para-hydroxylation sites is 1. The average molecular weight is 351 g/mol. The number of hydrogen-bond donors (Lipinski definition) is 0. The van der Waals surface area contributed by atoms with Crippen LogP contribution >= 0.6 is 0 Å². The molecule has 3 atom stereocenters. The summed E-state index contributed by atoms with van der Waals surface area (Å²) in [6.07, 6.45) is 6.00. The molecule has 4 heterocycles. The van der Waals surface area contributed by atoms with Gasteiger partial charge in [0.15, 0.2) is 0 Å². The number of hydrogen-bond acceptors (Lipinski definition) is 2. The second-order valence-corrected chi connectivity index (χ2v) is 8.17. The van der Waals surface area contributed by atoms with Gasteiger partial charge in [0.05, 0.1) is 0 Å². The minimum absolute atomic E-state index is 0.205. The molecule has 3 fully saturated rings. The Morgan fingerprint density at radius 3 is 2.92 bits per heavy atom. The molecular formula is C21H25N3O2. The second kappa shape index (κ2) is 6.15. The van der Waals surface area contributed by atoms with Gasteiger partial charge in [0.25, 0.3) is 0 Å². The van der Waals surface area contributed by atoms with Crippen molar-refractivity contribution in [3.63, 3.8) is 0 Å². The van der Waals surface area contributed by atoms with Crippen LogP contribution < -0.4 is 0 Å². The van der Waals surface area contributed by atoms with E-state index in [-0.39, 0.29) is 5.91 Å². The molecule has 2 aromatic rings. The molecule has 2 bridgehead atoms. The number of carbonyl (C=O) groups is 2. The average Bonchev–Trinajstić information content (AvgIpc) is 3.05. The zero-order chi connectivity index (χ0) is 17.7. The van der Waals surface area contributed by atoms with Crippen molar-refractivity contribution >= 4 is 22.7 Å². The Hall–Kier alpha value is -2.30. The smallest absolute Gasteiger partial charge is 0.242 e. The Labute approximate surface area is 153 Å². The fraction of sp³-hybridized carbons (Fsp3) is 0.524. The predicted octanol–water partition coefficient (Wildman–Crippen LogP) is 2.50. The van der Waals surface area contributed by atoms with E-state index in [0.29, 0.717) is 36.8 Å². The van der Waals surface area contributed by atoms with Gasteiger partial charge in [0, 0.05) is 43.8 Å². The summed E-state index contributed by atoms with van der Waals surface area (Å²) in [7, 11) is 0. The van der Waals surface area contributed by atoms with Crippen LogP contribution in [0.4, 0.5) is 0 Å². The lowest BCUT2D eigenvalue weighted by molar-refractivity contribution is -0.148. The molecule has 0 N–H and O–H groups in total. The van der Waals surface area contributed by atoms with Gasteiger partial charge in [-0.2, -0.15) is 0 Å². The summed E-state index contributed by atoms with van der Waals surface area (Å²) in [6, 6.07) is 10.6. The molecule has 3 saturated heterocycles. The number of rotatable bonds is 2. The molecule has 2 amide bonds. The standard InChI is InChI=1S/C21H25N3O2/c25-20-7-3-6-19-17-10-15(12-24(19)20)11-23(13-17)21(26)14-22-9-8-16-4-1-2-5-18(16)22/h1-2,4-5,8-9,15,17,19H,3,6-7,10-14H2/t15-,17+,19-/m1/s1. The van der Waals surface area contributed by atoms with Crippen LogP contribution in [0, 0.1) is 11.8 Å². The van der Waals surface area contributed by atoms with Gasteiger partial charge in [-0.15, -0.1) is 0 Å². The van der Waals surface area contributed by atoms with E-state index in [4.69, 9.17) is 0 Å². The first-order valence-corrected chi connectivity index (χ1v) is 9.80. The summed E-state index contributed by atoms with van der Waals surface area (Å²) < 4.78 is 2.05. The van der Waals surface area contributed by atoms with Crippen LogP contribution in [-0.4, -0.2) is 51.9 Å². The third kappa shape index (κ3) is 2.61. The van der Waals surface area contributed by atoms with Gasteiger partial charge < -0.3 is 14.4 Å². The van der Waals surface area contributed by atoms with Gasteiger partial charge in [0.2, 0.25) is 11.8 Å². The van der Waals surface area contributed by atoms with Crippen LogP contribution in [0.15, 0.2) is 36.5 Å². The maximum Gasteiger partial charge on any atom is 0.242 e. The maximum atomic E-state index is 13.0. The fourth-order valence-electron chi connectivity index (χ4n) is 5.34. The van der Waals surface area contributed by atoms with Gasteiger partial charge in [-0.3, -0.25) is 9.59 Å². The first-order valence-electron chi connectivity index (χ1n) is 9.80. The molecular weight excluding hydrogens is 326 g/mol. The number of likely N-dealkylation sites (tertiary alicyclic amines) is 1. The highest BCUT2D eigenvalue weighted by Gasteiger charge is 2.44. The van der Waals surface area contributed by atoms with Crippen molar-refractivity contribution in [1.29, 1.82) is 0 Å². The second-order valence-electron chi connectivity index (χ2n) is 8.17. The summed E-state index contributed by atoms with van der Waals surface area (Å²) in [4.78, 5) is 29.4. The van der Waals surface area contributed by atoms with Gasteiger partial charge in [-0.05, 0) is 48.6 Å². The SMILES string of the molecule is O=C(Cn1ccc2ccccc21)N1C[C@H]2C[C@@H](C1)[C@H]1CCCC(=O)N1C2. The van der Waals surface area contributed by atoms with Crippen molar-refractivity contribution in [3.8, 4) is 0 Å². The molecule has 5 nitrogen and oxygen atoms in total. The van der Waals surface area contributed by atoms with E-state index in [0.717, 1.165) is 38.0 Å². The Balaban J connectivity index is 1.32. The first-order chi connectivity index (χ1) is 12.7. The third-order valence-electron chi connectivity index (χ3n) is 6.52. The van der Waals surface area contributed by atoms with E-state index >= 15 is 0 Å². The summed E-state index contributed by atoms with van der Waals surface area (Å²) in [6.45, 7) is 2.85. The summed E-state index contributed by atoms with van der Waals surface area (Å²) in [5.41, 5.74) is 1.11. The van der Waals surface area contributed by atoms with Crippen LogP contribution in [0.3, 0.4) is 0 Å². The van der Waals surface area contributed by atoms with E-state index in [1.165, 1.54) is 11.8 Å². The number of amides is 2. The molecule has 5 rings (SSSR count). The highest BCUT2D eigenvalue weighted by molar-refractivity contribution is 5.83. The Kier molecular flexibility index (Phi) is 3.76. The number of fused-ring (bicyclic) bond motifs is 5. The fourth-order valence-corrected chi connectivity index (χ4v) is 5.34. The highest BCUT2D eigenvalue weighted by atomic mass is 16.2. The number of piperidine rings is 3. The largest absolute Gasteiger partial charge is 0.340 e. The van der Waals surface area contributed by atoms with Crippen LogP contribution in [0.5, 0.6) is 0 Å². The van der Waals surface area contributed by atoms with Crippen LogP contribution in [0.25, 0.3) is 10.9 Å². The van der Waals surface area contributed by atoms with Crippen molar-refractivity contribution < 1.29 is 9.59 Å². The minimum Gasteiger partial charge on any atom is -0.340 e. The molecule has 1 aromatic heterocycles. The van der Waals surface area contributed by atoms with E-state index in [2.05, 4.69) is 32.6 Å². The predicted molar refractivity (Wildman–Crippen MR) is 99.5 cm³/mol. The molecule has 1 aromatic carbocycles. The molecule has 3 aliphatic rings. The molecule has 26 heavy (non-hydrogen) atoms. The van der Waals surface area contributed by atoms with Crippen molar-refractivity contribution in [1.82, 2.24) is 14.4 Å². The summed E-state index contributed by atoms with van der Waals surface area (Å²) in [5.74, 6) is 1.43. The van der Waals surface area contributed by atoms with E-state index < -0.39 is 0 Å². The quantitative estimate of drug-likeness (QED) is 0.834. The summed E-state index contributed by atoms with van der Waals surface area (Å²) >= 11 is 0. The van der Waals surface area contributed by atoms with Gasteiger partial charge in [0.1, 0.15) is 6.54 Å². The van der Waals surface area contributed by atoms with Crippen LogP contribution in [-0.2, 0) is 16.1 Å². The van der Waals surface area contributed by atoms with E-state index in [1.807, 2.05) is 18.3 Å². The molecule has 136 valence electrons. The first kappa shape index (κ1) is 15.9. The molecule has 0 saturated carbocycles. The normalized spacial score (nSPS) is 28.3. The monoisotopic (exact) mass is 351 g/mol. The lowest BCUT2D eigenvalue weighted by Gasteiger charge is -2.52. The third-order valence-corrected chi connectivity index (χ3v) is 6.52. The molecule has 0 unspecified atom stereocenters. The number of aromatic nitrogens is 1. The summed E-state index contributed by atoms with van der Waals surface area (Å²) in [5, 5.41) is 1.17. The maximum absolute atomic E-state index is 13.0. The number of benzene rings is 1. The zero-order valence-electron chi connectivity index (χ0n) is 15.0. The van der Waals surface area contributed by atoms with Crippen molar-refractivity contribution in [2.75, 3.05) is 19.6 Å². The highest BCUT2D eigenvalue weighted by Crippen LogP contribution is 2.38. The van der Waals surface area contributed by atoms with E-state index in [9.17, 15) is 9.59 Å². The molecule has 0 radical (unpaired) electrons. The molecule has 0 spiro atoms. The van der Waals surface area contributed by atoms with E-state index in [1.54, 1.807) is 0 Å². The Bertz CT molecular complexity index is 858. The molecule has 0 aliphatic carbocycles. The van der Waals surface area contributed by atoms with Crippen molar-refractivity contribution in [3.05, 3.63) is 36.5 Å². The Morgan fingerprint density at radius 1 is 1.12 bits per heavy atom. The van der Waals surface area contributed by atoms with Crippen molar-refractivity contribution in [2.45, 2.75) is 38.3 Å². The Morgan fingerprint density at radius 2 is 2.00 bits per heavy atom. The lowest BCUT2D eigenvalue weighted by Crippen LogP contribution is -2.61. The van der Waals surface area contributed by atoms with Gasteiger partial charge in [-0.1, -0.05) is 18.2 Å².